The maximum Gasteiger partial charge on any atom is 0.220 e. The van der Waals surface area contributed by atoms with Crippen molar-refractivity contribution in [2.75, 3.05) is 0 Å². The highest BCUT2D eigenvalue weighted by Crippen LogP contribution is 2.15. The van der Waals surface area contributed by atoms with Crippen molar-refractivity contribution < 1.29 is 4.79 Å². The average molecular weight is 349 g/mol. The summed E-state index contributed by atoms with van der Waals surface area (Å²) in [6.07, 6.45) is 3.15. The Bertz CT molecular complexity index is 587. The number of rotatable bonds is 6. The van der Waals surface area contributed by atoms with Gasteiger partial charge in [-0.25, -0.2) is 0 Å². The predicted molar refractivity (Wildman–Crippen MR) is 89.2 cm³/mol. The summed E-state index contributed by atoms with van der Waals surface area (Å²) in [5, 5.41) is 2.92. The third-order valence-corrected chi connectivity index (χ3v) is 3.93. The summed E-state index contributed by atoms with van der Waals surface area (Å²) in [6, 6.07) is 10.5. The largest absolute Gasteiger partial charge is 0.362 e. The summed E-state index contributed by atoms with van der Waals surface area (Å²) in [6.45, 7) is 4.90. The quantitative estimate of drug-likeness (QED) is 0.809. The maximum atomic E-state index is 11.8. The second-order valence-electron chi connectivity index (χ2n) is 5.52. The highest BCUT2D eigenvalue weighted by Gasteiger charge is 2.04. The Morgan fingerprint density at radius 2 is 2.00 bits per heavy atom. The molecule has 2 rings (SSSR count). The number of H-pyrrole nitrogens is 1. The number of aromatic amines is 1. The topological polar surface area (TPSA) is 44.9 Å². The lowest BCUT2D eigenvalue weighted by molar-refractivity contribution is -0.121. The van der Waals surface area contributed by atoms with Crippen LogP contribution in [-0.4, -0.2) is 10.9 Å². The molecule has 112 valence electrons. The van der Waals surface area contributed by atoms with Gasteiger partial charge in [0.05, 0.1) is 6.54 Å². The van der Waals surface area contributed by atoms with E-state index < -0.39 is 0 Å². The lowest BCUT2D eigenvalue weighted by Gasteiger charge is -2.07. The lowest BCUT2D eigenvalue weighted by atomic mass is 10.0. The van der Waals surface area contributed by atoms with Crippen LogP contribution in [0.15, 0.2) is 41.0 Å². The van der Waals surface area contributed by atoms with Gasteiger partial charge in [0.2, 0.25) is 5.91 Å². The number of benzene rings is 1. The molecule has 1 heterocycles. The molecule has 0 radical (unpaired) electrons. The van der Waals surface area contributed by atoms with E-state index in [-0.39, 0.29) is 5.91 Å². The lowest BCUT2D eigenvalue weighted by Crippen LogP contribution is -2.23. The Morgan fingerprint density at radius 1 is 1.29 bits per heavy atom. The van der Waals surface area contributed by atoms with Crippen molar-refractivity contribution >= 4 is 21.8 Å². The molecule has 21 heavy (non-hydrogen) atoms. The van der Waals surface area contributed by atoms with Gasteiger partial charge in [0.15, 0.2) is 0 Å². The molecular weight excluding hydrogens is 328 g/mol. The first-order valence-corrected chi connectivity index (χ1v) is 8.02. The van der Waals surface area contributed by atoms with Gasteiger partial charge >= 0.3 is 0 Å². The number of aromatic nitrogens is 1. The molecule has 0 atom stereocenters. The van der Waals surface area contributed by atoms with E-state index >= 15 is 0 Å². The predicted octanol–water partition coefficient (Wildman–Crippen LogP) is 4.15. The highest BCUT2D eigenvalue weighted by atomic mass is 79.9. The first kappa shape index (κ1) is 15.8. The van der Waals surface area contributed by atoms with Crippen LogP contribution in [0.1, 0.15) is 43.0 Å². The van der Waals surface area contributed by atoms with Crippen molar-refractivity contribution in [3.8, 4) is 0 Å². The summed E-state index contributed by atoms with van der Waals surface area (Å²) in [5.41, 5.74) is 3.54. The van der Waals surface area contributed by atoms with E-state index in [4.69, 9.17) is 0 Å². The fourth-order valence-electron chi connectivity index (χ4n) is 2.12. The SMILES string of the molecule is CC(C)c1ccc(CCC(=O)NCc2cc(Br)c[nH]2)cc1. The second kappa shape index (κ2) is 7.46. The number of amides is 1. The molecule has 0 bridgehead atoms. The maximum absolute atomic E-state index is 11.8. The number of hydrogen-bond donors (Lipinski definition) is 2. The van der Waals surface area contributed by atoms with E-state index in [1.807, 2.05) is 12.3 Å². The number of hydrogen-bond acceptors (Lipinski definition) is 1. The minimum absolute atomic E-state index is 0.0775. The molecular formula is C17H21BrN2O. The molecule has 0 aliphatic rings. The van der Waals surface area contributed by atoms with Crippen molar-refractivity contribution in [2.45, 2.75) is 39.2 Å². The average Bonchev–Trinajstić information content (AvgIpc) is 2.89. The van der Waals surface area contributed by atoms with Gasteiger partial charge in [-0.1, -0.05) is 38.1 Å². The van der Waals surface area contributed by atoms with Crippen LogP contribution in [0.4, 0.5) is 0 Å². The Balaban J connectivity index is 1.75. The number of aryl methyl sites for hydroxylation is 1. The molecule has 0 spiro atoms. The minimum atomic E-state index is 0.0775. The molecule has 1 aromatic carbocycles. The standard InChI is InChI=1S/C17H21BrN2O/c1-12(2)14-6-3-13(4-7-14)5-8-17(21)20-11-16-9-15(18)10-19-16/h3-4,6-7,9-10,12,19H,5,8,11H2,1-2H3,(H,20,21). The van der Waals surface area contributed by atoms with E-state index in [1.165, 1.54) is 11.1 Å². The summed E-state index contributed by atoms with van der Waals surface area (Å²) < 4.78 is 0.997. The number of carbonyl (C=O) groups excluding carboxylic acids is 1. The Kier molecular flexibility index (Phi) is 5.62. The fraction of sp³-hybridized carbons (Fsp3) is 0.353. The first-order chi connectivity index (χ1) is 10.0. The van der Waals surface area contributed by atoms with Crippen LogP contribution >= 0.6 is 15.9 Å². The zero-order chi connectivity index (χ0) is 15.2. The molecule has 0 saturated carbocycles. The number of carbonyl (C=O) groups is 1. The minimum Gasteiger partial charge on any atom is -0.362 e. The van der Waals surface area contributed by atoms with Gasteiger partial charge in [0.25, 0.3) is 0 Å². The van der Waals surface area contributed by atoms with Crippen LogP contribution in [0.25, 0.3) is 0 Å². The Labute approximate surface area is 134 Å². The molecule has 0 aliphatic heterocycles. The van der Waals surface area contributed by atoms with Crippen molar-refractivity contribution in [1.82, 2.24) is 10.3 Å². The van der Waals surface area contributed by atoms with Crippen LogP contribution in [0, 0.1) is 0 Å². The van der Waals surface area contributed by atoms with Crippen LogP contribution in [0.2, 0.25) is 0 Å². The molecule has 0 saturated heterocycles. The molecule has 4 heteroatoms. The van der Waals surface area contributed by atoms with E-state index in [0.717, 1.165) is 16.6 Å². The van der Waals surface area contributed by atoms with E-state index in [2.05, 4.69) is 64.3 Å². The molecule has 2 N–H and O–H groups in total. The van der Waals surface area contributed by atoms with E-state index in [1.54, 1.807) is 0 Å². The fourth-order valence-corrected chi connectivity index (χ4v) is 2.51. The van der Waals surface area contributed by atoms with Gasteiger partial charge in [-0.2, -0.15) is 0 Å². The van der Waals surface area contributed by atoms with Crippen molar-refractivity contribution in [2.24, 2.45) is 0 Å². The molecule has 2 aromatic rings. The molecule has 0 fully saturated rings. The van der Waals surface area contributed by atoms with Crippen molar-refractivity contribution in [3.63, 3.8) is 0 Å². The van der Waals surface area contributed by atoms with Crippen molar-refractivity contribution in [3.05, 3.63) is 57.8 Å². The van der Waals surface area contributed by atoms with Crippen LogP contribution in [0.3, 0.4) is 0 Å². The Hall–Kier alpha value is -1.55. The molecule has 1 aromatic heterocycles. The Morgan fingerprint density at radius 3 is 2.57 bits per heavy atom. The molecule has 1 amide bonds. The zero-order valence-corrected chi connectivity index (χ0v) is 14.0. The summed E-state index contributed by atoms with van der Waals surface area (Å²) in [5.74, 6) is 0.621. The number of halogens is 1. The van der Waals surface area contributed by atoms with Gasteiger partial charge < -0.3 is 10.3 Å². The normalized spacial score (nSPS) is 10.9. The van der Waals surface area contributed by atoms with Crippen molar-refractivity contribution in [1.29, 1.82) is 0 Å². The highest BCUT2D eigenvalue weighted by molar-refractivity contribution is 9.10. The molecule has 0 aliphatic carbocycles. The van der Waals surface area contributed by atoms with E-state index in [9.17, 15) is 4.79 Å². The first-order valence-electron chi connectivity index (χ1n) is 7.23. The summed E-state index contributed by atoms with van der Waals surface area (Å²) >= 11 is 3.37. The third kappa shape index (κ3) is 5.05. The van der Waals surface area contributed by atoms with Gasteiger partial charge in [0, 0.05) is 22.8 Å². The van der Waals surface area contributed by atoms with E-state index in [0.29, 0.717) is 18.9 Å². The van der Waals surface area contributed by atoms with Gasteiger partial charge in [-0.05, 0) is 45.5 Å². The van der Waals surface area contributed by atoms with Gasteiger partial charge in [-0.15, -0.1) is 0 Å². The molecule has 3 nitrogen and oxygen atoms in total. The second-order valence-corrected chi connectivity index (χ2v) is 6.43. The third-order valence-electron chi connectivity index (χ3n) is 3.47. The molecule has 0 unspecified atom stereocenters. The summed E-state index contributed by atoms with van der Waals surface area (Å²) in [4.78, 5) is 14.9. The zero-order valence-electron chi connectivity index (χ0n) is 12.4. The van der Waals surface area contributed by atoms with Gasteiger partial charge in [0.1, 0.15) is 0 Å². The van der Waals surface area contributed by atoms with Crippen LogP contribution in [-0.2, 0) is 17.8 Å². The van der Waals surface area contributed by atoms with Crippen LogP contribution in [0.5, 0.6) is 0 Å². The van der Waals surface area contributed by atoms with Gasteiger partial charge in [-0.3, -0.25) is 4.79 Å². The summed E-state index contributed by atoms with van der Waals surface area (Å²) in [7, 11) is 0. The monoisotopic (exact) mass is 348 g/mol. The van der Waals surface area contributed by atoms with Crippen LogP contribution < -0.4 is 5.32 Å². The smallest absolute Gasteiger partial charge is 0.220 e. The number of nitrogens with one attached hydrogen (secondary N) is 2.